The number of rotatable bonds is 7. The predicted molar refractivity (Wildman–Crippen MR) is 127 cm³/mol. The number of benzene rings is 2. The molecule has 3 rings (SSSR count). The van der Waals surface area contributed by atoms with E-state index in [0.29, 0.717) is 39.8 Å². The van der Waals surface area contributed by atoms with E-state index in [4.69, 9.17) is 21.1 Å². The van der Waals surface area contributed by atoms with Crippen LogP contribution in [0.3, 0.4) is 0 Å². The lowest BCUT2D eigenvalue weighted by Crippen LogP contribution is -2.34. The summed E-state index contributed by atoms with van der Waals surface area (Å²) in [7, 11) is 0. The molecule has 1 aromatic heterocycles. The third-order valence-electron chi connectivity index (χ3n) is 4.16. The Morgan fingerprint density at radius 3 is 2.68 bits per heavy atom. The molecule has 0 bridgehead atoms. The molecule has 3 amide bonds. The second-order valence-electron chi connectivity index (χ2n) is 8.15. The number of para-hydroxylation sites is 2. The molecule has 180 valence electrons. The first kappa shape index (κ1) is 24.8. The van der Waals surface area contributed by atoms with Gasteiger partial charge in [-0.3, -0.25) is 5.32 Å². The zero-order valence-corrected chi connectivity index (χ0v) is 19.7. The second-order valence-corrected chi connectivity index (χ2v) is 8.58. The first-order valence-corrected chi connectivity index (χ1v) is 10.8. The van der Waals surface area contributed by atoms with E-state index in [2.05, 4.69) is 26.0 Å². The van der Waals surface area contributed by atoms with Crippen molar-refractivity contribution in [2.75, 3.05) is 23.8 Å². The molecule has 0 saturated heterocycles. The van der Waals surface area contributed by atoms with Crippen molar-refractivity contribution in [3.05, 3.63) is 52.7 Å². The molecule has 3 aromatic rings. The van der Waals surface area contributed by atoms with E-state index >= 15 is 0 Å². The van der Waals surface area contributed by atoms with Gasteiger partial charge in [0, 0.05) is 17.6 Å². The van der Waals surface area contributed by atoms with E-state index in [1.807, 2.05) is 0 Å². The molecule has 0 saturated carbocycles. The van der Waals surface area contributed by atoms with Crippen LogP contribution in [0, 0.1) is 5.21 Å². The lowest BCUT2D eigenvalue weighted by atomic mass is 10.2. The quantitative estimate of drug-likeness (QED) is 0.260. The fourth-order valence-electron chi connectivity index (χ4n) is 2.79. The monoisotopic (exact) mass is 488 g/mol. The van der Waals surface area contributed by atoms with Gasteiger partial charge in [0.2, 0.25) is 0 Å². The highest BCUT2D eigenvalue weighted by Crippen LogP contribution is 2.28. The van der Waals surface area contributed by atoms with Crippen molar-refractivity contribution < 1.29 is 23.9 Å². The lowest BCUT2D eigenvalue weighted by Gasteiger charge is -2.19. The number of urea groups is 1. The maximum absolute atomic E-state index is 12.5. The van der Waals surface area contributed by atoms with Crippen LogP contribution in [0.5, 0.6) is 5.75 Å². The summed E-state index contributed by atoms with van der Waals surface area (Å²) < 4.78 is 10.9. The van der Waals surface area contributed by atoms with Gasteiger partial charge in [0.05, 0.1) is 17.4 Å². The second kappa shape index (κ2) is 10.8. The van der Waals surface area contributed by atoms with Crippen molar-refractivity contribution in [3.8, 4) is 5.75 Å². The molecule has 0 aliphatic heterocycles. The minimum atomic E-state index is -0.686. The number of carbonyl (C=O) groups is 2. The number of amides is 3. The number of alkyl carbamates (subject to hydrolysis) is 1. The number of nitrogens with zero attached hydrogens (tertiary/aromatic N) is 3. The van der Waals surface area contributed by atoms with Crippen LogP contribution < -0.4 is 25.5 Å². The Hall–Kier alpha value is -3.86. The van der Waals surface area contributed by atoms with Gasteiger partial charge >= 0.3 is 12.1 Å². The minimum absolute atomic E-state index is 0.163. The molecule has 0 atom stereocenters. The fraction of sp³-hybridized carbons (Fsp3) is 0.318. The summed E-state index contributed by atoms with van der Waals surface area (Å²) in [5.41, 5.74) is 0.396. The van der Waals surface area contributed by atoms with E-state index in [9.17, 15) is 14.8 Å². The molecule has 0 spiro atoms. The van der Waals surface area contributed by atoms with Gasteiger partial charge in [-0.15, -0.1) is 0 Å². The predicted octanol–water partition coefficient (Wildman–Crippen LogP) is 3.85. The van der Waals surface area contributed by atoms with Crippen molar-refractivity contribution in [1.82, 2.24) is 15.4 Å². The van der Waals surface area contributed by atoms with Gasteiger partial charge in [-0.05, 0) is 56.3 Å². The zero-order valence-electron chi connectivity index (χ0n) is 18.9. The average Bonchev–Trinajstić information content (AvgIpc) is 2.73. The summed E-state index contributed by atoms with van der Waals surface area (Å²) in [4.78, 5) is 28.7. The molecule has 2 aromatic carbocycles. The SMILES string of the molecule is CC(C)(C)OC(=O)NCCCOc1ccc(Cl)cc1NC(=O)Nc1nc2ccccc2[n+]([O-])n1. The van der Waals surface area contributed by atoms with Crippen molar-refractivity contribution in [3.63, 3.8) is 0 Å². The van der Waals surface area contributed by atoms with Crippen LogP contribution in [-0.4, -0.2) is 41.0 Å². The summed E-state index contributed by atoms with van der Waals surface area (Å²) in [6.45, 7) is 5.96. The molecule has 34 heavy (non-hydrogen) atoms. The maximum atomic E-state index is 12.5. The fourth-order valence-corrected chi connectivity index (χ4v) is 2.96. The molecule has 3 N–H and O–H groups in total. The number of hydrogen-bond acceptors (Lipinski definition) is 7. The Morgan fingerprint density at radius 1 is 1.15 bits per heavy atom. The summed E-state index contributed by atoms with van der Waals surface area (Å²) in [5, 5.41) is 23.8. The molecule has 1 heterocycles. The number of aromatic nitrogens is 3. The van der Waals surface area contributed by atoms with Crippen molar-refractivity contribution in [2.45, 2.75) is 32.8 Å². The molecule has 12 heteroatoms. The third-order valence-corrected chi connectivity index (χ3v) is 4.40. The smallest absolute Gasteiger partial charge is 0.407 e. The number of halogens is 1. The first-order chi connectivity index (χ1) is 16.1. The Kier molecular flexibility index (Phi) is 7.90. The van der Waals surface area contributed by atoms with E-state index in [1.165, 1.54) is 6.07 Å². The van der Waals surface area contributed by atoms with Gasteiger partial charge in [-0.25, -0.2) is 14.6 Å². The first-order valence-electron chi connectivity index (χ1n) is 10.4. The van der Waals surface area contributed by atoms with Gasteiger partial charge in [0.1, 0.15) is 16.9 Å². The van der Waals surface area contributed by atoms with Gasteiger partial charge in [0.15, 0.2) is 0 Å². The van der Waals surface area contributed by atoms with Crippen LogP contribution in [0.1, 0.15) is 27.2 Å². The zero-order chi connectivity index (χ0) is 24.7. The van der Waals surface area contributed by atoms with Crippen LogP contribution in [0.2, 0.25) is 5.02 Å². The van der Waals surface area contributed by atoms with E-state index < -0.39 is 17.7 Å². The van der Waals surface area contributed by atoms with Crippen molar-refractivity contribution in [1.29, 1.82) is 0 Å². The van der Waals surface area contributed by atoms with Gasteiger partial charge < -0.3 is 25.3 Å². The largest absolute Gasteiger partial charge is 0.594 e. The molecule has 0 aliphatic carbocycles. The number of nitrogens with one attached hydrogen (secondary N) is 3. The Labute approximate surface area is 201 Å². The minimum Gasteiger partial charge on any atom is -0.594 e. The van der Waals surface area contributed by atoms with E-state index in [-0.39, 0.29) is 18.1 Å². The van der Waals surface area contributed by atoms with Gasteiger partial charge in [-0.2, -0.15) is 0 Å². The summed E-state index contributed by atoms with van der Waals surface area (Å²) in [6.07, 6.45) is -0.00426. The average molecular weight is 489 g/mol. The normalized spacial score (nSPS) is 11.1. The Morgan fingerprint density at radius 2 is 1.91 bits per heavy atom. The highest BCUT2D eigenvalue weighted by Gasteiger charge is 2.16. The van der Waals surface area contributed by atoms with Gasteiger partial charge in [-0.1, -0.05) is 23.7 Å². The highest BCUT2D eigenvalue weighted by molar-refractivity contribution is 6.31. The van der Waals surface area contributed by atoms with Gasteiger partial charge in [0.25, 0.3) is 11.5 Å². The van der Waals surface area contributed by atoms with Crippen LogP contribution >= 0.6 is 11.6 Å². The molecule has 0 unspecified atom stereocenters. The van der Waals surface area contributed by atoms with Crippen molar-refractivity contribution in [2.24, 2.45) is 0 Å². The standard InChI is InChI=1S/C22H25ClN6O5/c1-22(2,3)34-21(31)24-11-6-12-33-18-10-9-14(23)13-16(18)26-20(30)27-19-25-15-7-4-5-8-17(15)29(32)28-19/h4-5,7-10,13H,6,11-12H2,1-3H3,(H,24,31)(H2,25,26,27,28,30). The topological polar surface area (TPSA) is 141 Å². The Balaban J connectivity index is 1.56. The number of fused-ring (bicyclic) bond motifs is 1. The number of ether oxygens (including phenoxy) is 2. The molecule has 0 fully saturated rings. The Bertz CT molecular complexity index is 1180. The lowest BCUT2D eigenvalue weighted by molar-refractivity contribution is -0.641. The van der Waals surface area contributed by atoms with E-state index in [0.717, 1.165) is 0 Å². The summed E-state index contributed by atoms with van der Waals surface area (Å²) in [6, 6.07) is 10.7. The van der Waals surface area contributed by atoms with Crippen LogP contribution in [0.25, 0.3) is 11.0 Å². The summed E-state index contributed by atoms with van der Waals surface area (Å²) >= 11 is 6.06. The maximum Gasteiger partial charge on any atom is 0.407 e. The van der Waals surface area contributed by atoms with Crippen LogP contribution in [0.4, 0.5) is 21.2 Å². The molecule has 0 aliphatic rings. The molecule has 11 nitrogen and oxygen atoms in total. The molecular formula is C22H25ClN6O5. The highest BCUT2D eigenvalue weighted by atomic mass is 35.5. The van der Waals surface area contributed by atoms with E-state index in [1.54, 1.807) is 57.2 Å². The summed E-state index contributed by atoms with van der Waals surface area (Å²) in [5.74, 6) is 0.207. The van der Waals surface area contributed by atoms with Crippen LogP contribution in [0.15, 0.2) is 42.5 Å². The third kappa shape index (κ3) is 7.34. The number of anilines is 2. The number of carbonyl (C=O) groups excluding carboxylic acids is 2. The number of hydrogen-bond donors (Lipinski definition) is 3. The van der Waals surface area contributed by atoms with Crippen LogP contribution in [-0.2, 0) is 4.74 Å². The molecule has 0 radical (unpaired) electrons. The van der Waals surface area contributed by atoms with Crippen molar-refractivity contribution >= 4 is 46.4 Å². The molecular weight excluding hydrogens is 464 g/mol.